The Balaban J connectivity index is 1.86. The van der Waals surface area contributed by atoms with E-state index in [2.05, 4.69) is 20.4 Å². The van der Waals surface area contributed by atoms with Crippen molar-refractivity contribution in [2.75, 3.05) is 0 Å². The maximum atomic E-state index is 13.0. The molecule has 0 saturated carbocycles. The van der Waals surface area contributed by atoms with Crippen molar-refractivity contribution in [2.24, 2.45) is 0 Å². The van der Waals surface area contributed by atoms with Crippen LogP contribution in [0.3, 0.4) is 0 Å². The van der Waals surface area contributed by atoms with Crippen LogP contribution in [-0.2, 0) is 6.18 Å². The van der Waals surface area contributed by atoms with E-state index in [1.165, 1.54) is 29.3 Å². The summed E-state index contributed by atoms with van der Waals surface area (Å²) in [5.74, 6) is -0.200. The number of rotatable bonds is 4. The first-order valence-corrected chi connectivity index (χ1v) is 8.42. The van der Waals surface area contributed by atoms with Gasteiger partial charge in [0.05, 0.1) is 28.8 Å². The van der Waals surface area contributed by atoms with Crippen molar-refractivity contribution < 1.29 is 18.0 Å². The van der Waals surface area contributed by atoms with Gasteiger partial charge in [-0.25, -0.2) is 9.97 Å². The van der Waals surface area contributed by atoms with Gasteiger partial charge in [0.2, 0.25) is 0 Å². The van der Waals surface area contributed by atoms with Crippen molar-refractivity contribution in [3.8, 4) is 18.0 Å². The molecule has 0 aliphatic rings. The minimum absolute atomic E-state index is 0.271. The summed E-state index contributed by atoms with van der Waals surface area (Å²) < 4.78 is 40.4. The number of alkyl halides is 3. The topological polar surface area (TPSA) is 120 Å². The van der Waals surface area contributed by atoms with Gasteiger partial charge in [-0.15, -0.1) is 0 Å². The highest BCUT2D eigenvalue weighted by molar-refractivity contribution is 5.95. The van der Waals surface area contributed by atoms with Crippen LogP contribution in [0.2, 0.25) is 0 Å². The average Bonchev–Trinajstić information content (AvgIpc) is 3.22. The molecule has 0 bridgehead atoms. The van der Waals surface area contributed by atoms with Crippen molar-refractivity contribution in [1.82, 2.24) is 25.1 Å². The third-order valence-electron chi connectivity index (χ3n) is 4.05. The highest BCUT2D eigenvalue weighted by Gasteiger charge is 2.32. The Bertz CT molecular complexity index is 1170. The van der Waals surface area contributed by atoms with Crippen molar-refractivity contribution in [1.29, 1.82) is 10.5 Å². The normalized spacial score (nSPS) is 11.9. The number of nitrogens with zero attached hydrogens (tertiary/aromatic N) is 6. The van der Waals surface area contributed by atoms with E-state index in [0.717, 1.165) is 6.07 Å². The second-order valence-corrected chi connectivity index (χ2v) is 6.15. The van der Waals surface area contributed by atoms with Crippen molar-refractivity contribution in [3.63, 3.8) is 0 Å². The maximum absolute atomic E-state index is 13.0. The molecule has 150 valence electrons. The fourth-order valence-corrected chi connectivity index (χ4v) is 2.63. The molecule has 1 aromatic carbocycles. The summed E-state index contributed by atoms with van der Waals surface area (Å²) in [6.45, 7) is 1.57. The zero-order valence-corrected chi connectivity index (χ0v) is 15.3. The highest BCUT2D eigenvalue weighted by Crippen LogP contribution is 2.30. The van der Waals surface area contributed by atoms with Crippen LogP contribution in [0.1, 0.15) is 45.8 Å². The largest absolute Gasteiger partial charge is 0.416 e. The summed E-state index contributed by atoms with van der Waals surface area (Å²) in [7, 11) is 0. The van der Waals surface area contributed by atoms with Crippen LogP contribution in [0.15, 0.2) is 42.9 Å². The Hall–Kier alpha value is -4.25. The molecule has 0 spiro atoms. The molecule has 3 aromatic rings. The van der Waals surface area contributed by atoms with E-state index in [4.69, 9.17) is 10.5 Å². The number of amides is 1. The zero-order chi connectivity index (χ0) is 21.9. The lowest BCUT2D eigenvalue weighted by Gasteiger charge is -2.15. The molecule has 0 fully saturated rings. The molecule has 0 aliphatic heterocycles. The second kappa shape index (κ2) is 8.01. The van der Waals surface area contributed by atoms with E-state index in [0.29, 0.717) is 23.5 Å². The molecule has 3 rings (SSSR count). The number of nitrogens with one attached hydrogen (secondary N) is 1. The molecule has 0 saturated heterocycles. The highest BCUT2D eigenvalue weighted by atomic mass is 19.4. The van der Waals surface area contributed by atoms with Gasteiger partial charge < -0.3 is 5.32 Å². The van der Waals surface area contributed by atoms with Crippen molar-refractivity contribution in [2.45, 2.75) is 19.1 Å². The van der Waals surface area contributed by atoms with Gasteiger partial charge in [-0.2, -0.15) is 33.5 Å². The van der Waals surface area contributed by atoms with Crippen LogP contribution < -0.4 is 5.32 Å². The van der Waals surface area contributed by atoms with Crippen LogP contribution in [-0.4, -0.2) is 25.7 Å². The maximum Gasteiger partial charge on any atom is 0.416 e. The second-order valence-electron chi connectivity index (χ2n) is 6.15. The Labute approximate surface area is 168 Å². The summed E-state index contributed by atoms with van der Waals surface area (Å²) >= 11 is 0. The van der Waals surface area contributed by atoms with Crippen LogP contribution in [0.5, 0.6) is 0 Å². The number of nitriles is 2. The number of aromatic nitrogens is 4. The van der Waals surface area contributed by atoms with Crippen LogP contribution in [0.4, 0.5) is 13.2 Å². The first-order chi connectivity index (χ1) is 14.2. The predicted octanol–water partition coefficient (Wildman–Crippen LogP) is 2.92. The van der Waals surface area contributed by atoms with Crippen LogP contribution in [0.25, 0.3) is 5.82 Å². The SMILES string of the molecule is C[C@H](NC(=O)c1cc(C#N)cc(C(F)(F)F)c1)c1ncnn1-c1ccc(C#N)cn1. The summed E-state index contributed by atoms with van der Waals surface area (Å²) in [6.07, 6.45) is -2.12. The number of hydrogen-bond acceptors (Lipinski definition) is 6. The Morgan fingerprint density at radius 1 is 1.13 bits per heavy atom. The lowest BCUT2D eigenvalue weighted by Crippen LogP contribution is -2.29. The number of carbonyl (C=O) groups excluding carboxylic acids is 1. The number of carbonyl (C=O) groups is 1. The van der Waals surface area contributed by atoms with Gasteiger partial charge in [-0.3, -0.25) is 4.79 Å². The molecular formula is C19H12F3N7O. The van der Waals surface area contributed by atoms with Crippen molar-refractivity contribution in [3.05, 3.63) is 70.9 Å². The molecule has 0 unspecified atom stereocenters. The number of benzene rings is 1. The molecule has 30 heavy (non-hydrogen) atoms. The summed E-state index contributed by atoms with van der Waals surface area (Å²) in [6, 6.07) is 8.30. The average molecular weight is 411 g/mol. The standard InChI is InChI=1S/C19H12F3N7O/c1-11(17-26-10-27-29(17)16-3-2-12(7-23)9-25-16)28-18(30)14-4-13(8-24)5-15(6-14)19(20,21)22/h2-6,9-11H,1H3,(H,28,30)/t11-/m0/s1. The van der Waals surface area contributed by atoms with E-state index in [-0.39, 0.29) is 17.0 Å². The third-order valence-corrected chi connectivity index (χ3v) is 4.05. The number of pyridine rings is 1. The van der Waals surface area contributed by atoms with Gasteiger partial charge >= 0.3 is 6.18 Å². The van der Waals surface area contributed by atoms with E-state index in [1.807, 2.05) is 6.07 Å². The molecule has 2 aromatic heterocycles. The van der Waals surface area contributed by atoms with Gasteiger partial charge in [-0.05, 0) is 37.3 Å². The Morgan fingerprint density at radius 2 is 1.87 bits per heavy atom. The minimum atomic E-state index is -4.70. The molecule has 0 aliphatic carbocycles. The molecule has 1 atom stereocenters. The number of hydrogen-bond donors (Lipinski definition) is 1. The fourth-order valence-electron chi connectivity index (χ4n) is 2.63. The van der Waals surface area contributed by atoms with Gasteiger partial charge in [0.1, 0.15) is 12.4 Å². The van der Waals surface area contributed by atoms with Gasteiger partial charge in [0.15, 0.2) is 11.6 Å². The molecular weight excluding hydrogens is 399 g/mol. The first-order valence-electron chi connectivity index (χ1n) is 8.42. The first kappa shape index (κ1) is 20.5. The summed E-state index contributed by atoms with van der Waals surface area (Å²) in [5.41, 5.74) is -1.34. The minimum Gasteiger partial charge on any atom is -0.342 e. The predicted molar refractivity (Wildman–Crippen MR) is 95.9 cm³/mol. The van der Waals surface area contributed by atoms with Gasteiger partial charge in [0.25, 0.3) is 5.91 Å². The Morgan fingerprint density at radius 3 is 2.47 bits per heavy atom. The van der Waals surface area contributed by atoms with Gasteiger partial charge in [0, 0.05) is 11.8 Å². The lowest BCUT2D eigenvalue weighted by atomic mass is 10.0. The zero-order valence-electron chi connectivity index (χ0n) is 15.3. The van der Waals surface area contributed by atoms with E-state index in [9.17, 15) is 18.0 Å². The molecule has 1 amide bonds. The van der Waals surface area contributed by atoms with Crippen molar-refractivity contribution >= 4 is 5.91 Å². The molecule has 8 nitrogen and oxygen atoms in total. The Kier molecular flexibility index (Phi) is 5.47. The van der Waals surface area contributed by atoms with E-state index < -0.39 is 23.7 Å². The summed E-state index contributed by atoms with van der Waals surface area (Å²) in [5, 5.41) is 24.4. The van der Waals surface area contributed by atoms with E-state index >= 15 is 0 Å². The van der Waals surface area contributed by atoms with Gasteiger partial charge in [-0.1, -0.05) is 0 Å². The summed E-state index contributed by atoms with van der Waals surface area (Å²) in [4.78, 5) is 20.7. The lowest BCUT2D eigenvalue weighted by molar-refractivity contribution is -0.137. The monoisotopic (exact) mass is 411 g/mol. The molecule has 11 heteroatoms. The molecule has 1 N–H and O–H groups in total. The quantitative estimate of drug-likeness (QED) is 0.705. The van der Waals surface area contributed by atoms with Crippen LogP contribution in [0, 0.1) is 22.7 Å². The third kappa shape index (κ3) is 4.25. The fraction of sp³-hybridized carbons (Fsp3) is 0.158. The molecule has 2 heterocycles. The van der Waals surface area contributed by atoms with E-state index in [1.54, 1.807) is 13.0 Å². The van der Waals surface area contributed by atoms with Crippen LogP contribution >= 0.6 is 0 Å². The molecule has 0 radical (unpaired) electrons. The smallest absolute Gasteiger partial charge is 0.342 e. The number of halogens is 3.